The number of fused-ring (bicyclic) bond motifs is 2. The zero-order valence-corrected chi connectivity index (χ0v) is 38.8. The molecule has 0 bridgehead atoms. The third-order valence-electron chi connectivity index (χ3n) is 12.8. The SMILES string of the molecule is CC(C)(C)[Si](C)(C)OC[C@H]1O[C@@H](n2cnc3c(-n4nncc4CN4C(=O)c5ccccc5C4=O)ncnc32)[C@H](O[Si](C)(C)C(C)(C)C)[C@@H]1O[Si](C)(C)C(C)(C)C. The zero-order valence-electron chi connectivity index (χ0n) is 35.8. The highest BCUT2D eigenvalue weighted by molar-refractivity contribution is 6.75. The molecule has 0 unspecified atom stereocenters. The molecule has 3 aromatic heterocycles. The van der Waals surface area contributed by atoms with E-state index in [1.165, 1.54) is 22.1 Å². The van der Waals surface area contributed by atoms with E-state index < -0.39 is 49.5 Å². The second-order valence-corrected chi connectivity index (χ2v) is 34.0. The number of hydrogen-bond acceptors (Lipinski definition) is 11. The van der Waals surface area contributed by atoms with Crippen molar-refractivity contribution < 1.29 is 27.6 Å². The van der Waals surface area contributed by atoms with Crippen LogP contribution in [0.15, 0.2) is 43.1 Å². The molecule has 2 aliphatic heterocycles. The summed E-state index contributed by atoms with van der Waals surface area (Å²) in [5.74, 6) is -0.393. The van der Waals surface area contributed by atoms with Crippen molar-refractivity contribution in [2.45, 2.75) is 148 Å². The van der Waals surface area contributed by atoms with Gasteiger partial charge in [-0.2, -0.15) is 4.68 Å². The van der Waals surface area contributed by atoms with E-state index in [0.29, 0.717) is 40.4 Å². The second-order valence-electron chi connectivity index (χ2n) is 19.7. The van der Waals surface area contributed by atoms with E-state index in [2.05, 4.69) is 117 Å². The number of carbonyl (C=O) groups excluding carboxylic acids is 2. The zero-order chi connectivity index (χ0) is 41.4. The summed E-state index contributed by atoms with van der Waals surface area (Å²) in [5.41, 5.74) is 2.17. The number of imide groups is 1. The Bertz CT molecular complexity index is 2080. The van der Waals surface area contributed by atoms with Gasteiger partial charge in [0.2, 0.25) is 0 Å². The lowest BCUT2D eigenvalue weighted by atomic mass is 10.1. The van der Waals surface area contributed by atoms with Gasteiger partial charge in [0.25, 0.3) is 11.8 Å². The standard InChI is InChI=1S/C39H60N8O6Si3/c1-37(2,3)54(10,11)50-22-28-30(52-55(12,13)38(4,5)6)31(53-56(14,15)39(7,8)9)36(51-28)46-24-42-29-32(46)40-23-41-33(29)47-25(20-43-44-47)21-45-34(48)26-18-16-17-19-27(26)35(45)49/h16-20,23-24,28,30-31,36H,21-22H2,1-15H3/t28-,30-,31-,36-/m1/s1. The fourth-order valence-corrected chi connectivity index (χ4v) is 9.76. The molecule has 56 heavy (non-hydrogen) atoms. The molecule has 1 aromatic carbocycles. The highest BCUT2D eigenvalue weighted by Crippen LogP contribution is 2.47. The molecule has 0 radical (unpaired) electrons. The van der Waals surface area contributed by atoms with Gasteiger partial charge in [0, 0.05) is 0 Å². The minimum atomic E-state index is -2.41. The van der Waals surface area contributed by atoms with Crippen molar-refractivity contribution in [3.63, 3.8) is 0 Å². The normalized spacial score (nSPS) is 21.4. The van der Waals surface area contributed by atoms with E-state index in [4.69, 9.17) is 28.0 Å². The van der Waals surface area contributed by atoms with Gasteiger partial charge >= 0.3 is 0 Å². The molecule has 0 saturated carbocycles. The highest BCUT2D eigenvalue weighted by Gasteiger charge is 2.55. The van der Waals surface area contributed by atoms with Crippen LogP contribution in [0.5, 0.6) is 0 Å². The number of benzene rings is 1. The Hall–Kier alpha value is -3.46. The maximum absolute atomic E-state index is 13.3. The van der Waals surface area contributed by atoms with E-state index >= 15 is 0 Å². The van der Waals surface area contributed by atoms with E-state index in [1.54, 1.807) is 30.6 Å². The predicted octanol–water partition coefficient (Wildman–Crippen LogP) is 7.90. The molecule has 1 fully saturated rings. The first-order valence-electron chi connectivity index (χ1n) is 19.4. The van der Waals surface area contributed by atoms with Crippen molar-refractivity contribution >= 4 is 47.9 Å². The van der Waals surface area contributed by atoms with Gasteiger partial charge in [-0.3, -0.25) is 19.1 Å². The molecule has 17 heteroatoms. The van der Waals surface area contributed by atoms with Crippen LogP contribution >= 0.6 is 0 Å². The molecule has 6 rings (SSSR count). The molecule has 0 N–H and O–H groups in total. The summed E-state index contributed by atoms with van der Waals surface area (Å²) in [6.07, 6.45) is 2.64. The first-order chi connectivity index (χ1) is 25.8. The molecule has 4 aromatic rings. The lowest BCUT2D eigenvalue weighted by Crippen LogP contribution is -2.54. The molecule has 304 valence electrons. The number of rotatable bonds is 11. The maximum Gasteiger partial charge on any atom is 0.261 e. The van der Waals surface area contributed by atoms with Gasteiger partial charge in [-0.25, -0.2) is 15.0 Å². The summed E-state index contributed by atoms with van der Waals surface area (Å²) in [7, 11) is -6.95. The van der Waals surface area contributed by atoms with Crippen molar-refractivity contribution in [1.29, 1.82) is 0 Å². The second kappa shape index (κ2) is 14.4. The van der Waals surface area contributed by atoms with E-state index in [0.717, 1.165) is 0 Å². The molecule has 1 saturated heterocycles. The fourth-order valence-electron chi connectivity index (χ4n) is 6.14. The van der Waals surface area contributed by atoms with Gasteiger partial charge in [-0.1, -0.05) is 79.7 Å². The largest absolute Gasteiger partial charge is 0.414 e. The first kappa shape index (κ1) is 42.2. The summed E-state index contributed by atoms with van der Waals surface area (Å²) in [6.45, 7) is 34.0. The van der Waals surface area contributed by atoms with Gasteiger partial charge < -0.3 is 18.0 Å². The molecule has 14 nitrogen and oxygen atoms in total. The van der Waals surface area contributed by atoms with E-state index in [-0.39, 0.29) is 33.5 Å². The van der Waals surface area contributed by atoms with Crippen molar-refractivity contribution in [3.05, 3.63) is 59.9 Å². The maximum atomic E-state index is 13.3. The lowest BCUT2D eigenvalue weighted by molar-refractivity contribution is -0.0470. The minimum Gasteiger partial charge on any atom is -0.414 e. The van der Waals surface area contributed by atoms with Gasteiger partial charge in [-0.05, 0) is 66.5 Å². The van der Waals surface area contributed by atoms with Gasteiger partial charge in [0.1, 0.15) is 24.6 Å². The number of amides is 2. The number of ether oxygens (including phenoxy) is 1. The van der Waals surface area contributed by atoms with Gasteiger partial charge in [0.05, 0.1) is 42.5 Å². The van der Waals surface area contributed by atoms with Crippen LogP contribution in [0.2, 0.25) is 54.4 Å². The van der Waals surface area contributed by atoms with Crippen molar-refractivity contribution in [2.24, 2.45) is 0 Å². The summed E-state index contributed by atoms with van der Waals surface area (Å²) in [4.78, 5) is 41.9. The van der Waals surface area contributed by atoms with Crippen LogP contribution in [0.3, 0.4) is 0 Å². The average molecular weight is 821 g/mol. The molecule has 4 atom stereocenters. The molecule has 5 heterocycles. The van der Waals surface area contributed by atoms with Crippen molar-refractivity contribution in [3.8, 4) is 5.82 Å². The van der Waals surface area contributed by atoms with Crippen LogP contribution in [0, 0.1) is 0 Å². The minimum absolute atomic E-state index is 0.00521. The van der Waals surface area contributed by atoms with Crippen molar-refractivity contribution in [2.75, 3.05) is 6.61 Å². The van der Waals surface area contributed by atoms with Crippen LogP contribution in [-0.2, 0) is 24.6 Å². The van der Waals surface area contributed by atoms with Gasteiger partial charge in [-0.15, -0.1) is 5.10 Å². The Morgan fingerprint density at radius 1 is 0.750 bits per heavy atom. The van der Waals surface area contributed by atoms with Crippen molar-refractivity contribution in [1.82, 2.24) is 39.4 Å². The molecule has 2 amide bonds. The van der Waals surface area contributed by atoms with Crippen LogP contribution in [0.4, 0.5) is 0 Å². The Labute approximate surface area is 334 Å². The Morgan fingerprint density at radius 3 is 1.86 bits per heavy atom. The van der Waals surface area contributed by atoms with Crippen LogP contribution in [0.1, 0.15) is 95.0 Å². The number of hydrogen-bond donors (Lipinski definition) is 0. The highest BCUT2D eigenvalue weighted by atomic mass is 28.4. The third-order valence-corrected chi connectivity index (χ3v) is 26.3. The number of aromatic nitrogens is 7. The van der Waals surface area contributed by atoms with E-state index in [1.807, 2.05) is 4.57 Å². The fraction of sp³-hybridized carbons (Fsp3) is 0.615. The summed E-state index contributed by atoms with van der Waals surface area (Å²) in [5, 5.41) is 8.32. The molecular formula is C39H60N8O6Si3. The number of nitrogens with zero attached hydrogens (tertiary/aromatic N) is 8. The summed E-state index contributed by atoms with van der Waals surface area (Å²) in [6, 6.07) is 6.80. The quantitative estimate of drug-likeness (QED) is 0.107. The molecule has 0 aliphatic carbocycles. The smallest absolute Gasteiger partial charge is 0.261 e. The topological polar surface area (TPSA) is 149 Å². The van der Waals surface area contributed by atoms with Gasteiger partial charge in [0.15, 0.2) is 48.2 Å². The number of carbonyl (C=O) groups is 2. The molecule has 2 aliphatic rings. The Kier molecular flexibility index (Phi) is 10.9. The third kappa shape index (κ3) is 7.63. The average Bonchev–Trinajstić information content (AvgIpc) is 3.85. The molecular weight excluding hydrogens is 761 g/mol. The van der Waals surface area contributed by atoms with Crippen LogP contribution in [0.25, 0.3) is 17.0 Å². The summed E-state index contributed by atoms with van der Waals surface area (Å²) >= 11 is 0. The predicted molar refractivity (Wildman–Crippen MR) is 222 cm³/mol. The monoisotopic (exact) mass is 820 g/mol. The van der Waals surface area contributed by atoms with E-state index in [9.17, 15) is 9.59 Å². The van der Waals surface area contributed by atoms with Crippen LogP contribution < -0.4 is 0 Å². The Balaban J connectivity index is 1.41. The lowest BCUT2D eigenvalue weighted by Gasteiger charge is -2.44. The Morgan fingerprint density at radius 2 is 1.30 bits per heavy atom. The summed E-state index contributed by atoms with van der Waals surface area (Å²) < 4.78 is 32.1. The number of imidazole rings is 1. The molecule has 0 spiro atoms. The first-order valence-corrected chi connectivity index (χ1v) is 28.2. The van der Waals surface area contributed by atoms with Crippen LogP contribution in [-0.4, -0.2) is 101 Å².